The molecule has 0 spiro atoms. The van der Waals surface area contributed by atoms with Crippen molar-refractivity contribution in [3.05, 3.63) is 23.9 Å². The molecule has 0 aromatic carbocycles. The third-order valence-electron chi connectivity index (χ3n) is 1.56. The lowest BCUT2D eigenvalue weighted by atomic mass is 10.1. The second-order valence-electron chi connectivity index (χ2n) is 2.45. The summed E-state index contributed by atoms with van der Waals surface area (Å²) in [7, 11) is 0. The van der Waals surface area contributed by atoms with Gasteiger partial charge in [-0.15, -0.1) is 11.6 Å². The molecule has 2 rings (SSSR count). The number of nitrogens with zero attached hydrogens (tertiary/aromatic N) is 2. The predicted molar refractivity (Wildman–Crippen MR) is 47.8 cm³/mol. The second-order valence-corrected chi connectivity index (χ2v) is 2.95. The number of hydrogen-bond donors (Lipinski definition) is 0. The number of fused-ring (bicyclic) bond motifs is 1. The highest BCUT2D eigenvalue weighted by atomic mass is 35.5. The Kier molecular flexibility index (Phi) is 1.66. The minimum atomic E-state index is -0.320. The van der Waals surface area contributed by atoms with Crippen molar-refractivity contribution in [2.75, 3.05) is 0 Å². The normalized spacial score (nSPS) is 26.4. The summed E-state index contributed by atoms with van der Waals surface area (Å²) in [6.45, 7) is 0. The zero-order valence-electron chi connectivity index (χ0n) is 6.07. The summed E-state index contributed by atoms with van der Waals surface area (Å²) in [6, 6.07) is 0. The van der Waals surface area contributed by atoms with E-state index in [1.54, 1.807) is 18.2 Å². The van der Waals surface area contributed by atoms with Gasteiger partial charge in [-0.2, -0.15) is 0 Å². The standard InChI is InChI=1S/C8H5ClN2O/c9-5-1-2-6-7(3-5)10-4-8(12)11-6/h1-5H. The van der Waals surface area contributed by atoms with E-state index in [-0.39, 0.29) is 11.3 Å². The molecule has 2 aliphatic rings. The van der Waals surface area contributed by atoms with Gasteiger partial charge in [-0.3, -0.25) is 4.79 Å². The summed E-state index contributed by atoms with van der Waals surface area (Å²) < 4.78 is 0. The molecule has 1 amide bonds. The van der Waals surface area contributed by atoms with E-state index in [1.807, 2.05) is 0 Å². The molecule has 0 radical (unpaired) electrons. The predicted octanol–water partition coefficient (Wildman–Crippen LogP) is 1.10. The number of hydrogen-bond acceptors (Lipinski definition) is 2. The number of halogens is 1. The van der Waals surface area contributed by atoms with Crippen molar-refractivity contribution in [2.24, 2.45) is 9.98 Å². The number of amides is 1. The molecule has 12 heavy (non-hydrogen) atoms. The zero-order valence-corrected chi connectivity index (χ0v) is 6.82. The van der Waals surface area contributed by atoms with Crippen LogP contribution < -0.4 is 0 Å². The van der Waals surface area contributed by atoms with E-state index >= 15 is 0 Å². The van der Waals surface area contributed by atoms with Crippen LogP contribution in [0.2, 0.25) is 0 Å². The first-order valence-electron chi connectivity index (χ1n) is 3.47. The Labute approximate surface area is 74.2 Å². The Bertz CT molecular complexity index is 352. The first kappa shape index (κ1) is 7.43. The molecule has 1 aliphatic carbocycles. The molecule has 1 heterocycles. The van der Waals surface area contributed by atoms with Crippen LogP contribution in [0.3, 0.4) is 0 Å². The van der Waals surface area contributed by atoms with Crippen molar-refractivity contribution in [1.29, 1.82) is 0 Å². The molecule has 0 saturated heterocycles. The van der Waals surface area contributed by atoms with E-state index in [0.717, 1.165) is 0 Å². The fraction of sp³-hybridized carbons (Fsp3) is 0.125. The van der Waals surface area contributed by atoms with Crippen molar-refractivity contribution >= 4 is 29.4 Å². The lowest BCUT2D eigenvalue weighted by molar-refractivity contribution is -0.111. The highest BCUT2D eigenvalue weighted by molar-refractivity contribution is 6.35. The quantitative estimate of drug-likeness (QED) is 0.515. The molecular formula is C8H5ClN2O. The molecule has 0 saturated carbocycles. The topological polar surface area (TPSA) is 41.8 Å². The van der Waals surface area contributed by atoms with Crippen LogP contribution in [-0.4, -0.2) is 23.2 Å². The molecule has 0 fully saturated rings. The monoisotopic (exact) mass is 180 g/mol. The molecule has 4 heteroatoms. The Morgan fingerprint density at radius 2 is 2.33 bits per heavy atom. The maximum Gasteiger partial charge on any atom is 0.288 e. The van der Waals surface area contributed by atoms with Gasteiger partial charge in [0.05, 0.1) is 23.0 Å². The van der Waals surface area contributed by atoms with Crippen LogP contribution in [0.1, 0.15) is 0 Å². The van der Waals surface area contributed by atoms with Gasteiger partial charge in [0.15, 0.2) is 0 Å². The minimum absolute atomic E-state index is 0.149. The largest absolute Gasteiger partial charge is 0.288 e. The maximum atomic E-state index is 10.8. The third-order valence-corrected chi connectivity index (χ3v) is 1.83. The molecule has 3 nitrogen and oxygen atoms in total. The Hall–Kier alpha value is -1.22. The van der Waals surface area contributed by atoms with Crippen LogP contribution in [0.25, 0.3) is 0 Å². The van der Waals surface area contributed by atoms with Crippen molar-refractivity contribution < 1.29 is 4.79 Å². The van der Waals surface area contributed by atoms with E-state index in [2.05, 4.69) is 9.98 Å². The Balaban J connectivity index is 2.41. The van der Waals surface area contributed by atoms with E-state index in [1.165, 1.54) is 6.21 Å². The first-order chi connectivity index (χ1) is 5.75. The van der Waals surface area contributed by atoms with Gasteiger partial charge in [-0.1, -0.05) is 6.08 Å². The number of carbonyl (C=O) groups excluding carboxylic acids is 1. The zero-order chi connectivity index (χ0) is 8.55. The molecule has 0 aromatic heterocycles. The number of rotatable bonds is 0. The maximum absolute atomic E-state index is 10.8. The molecule has 1 aliphatic heterocycles. The van der Waals surface area contributed by atoms with Gasteiger partial charge in [0.2, 0.25) is 0 Å². The van der Waals surface area contributed by atoms with Crippen LogP contribution in [0.5, 0.6) is 0 Å². The summed E-state index contributed by atoms with van der Waals surface area (Å²) in [4.78, 5) is 18.4. The molecule has 1 atom stereocenters. The number of allylic oxidation sites excluding steroid dienone is 3. The van der Waals surface area contributed by atoms with Crippen molar-refractivity contribution in [1.82, 2.24) is 0 Å². The Morgan fingerprint density at radius 3 is 3.17 bits per heavy atom. The number of carbonyl (C=O) groups is 1. The Morgan fingerprint density at radius 1 is 1.50 bits per heavy atom. The molecule has 60 valence electrons. The van der Waals surface area contributed by atoms with E-state index in [9.17, 15) is 4.79 Å². The lowest BCUT2D eigenvalue weighted by Crippen LogP contribution is -2.14. The third kappa shape index (κ3) is 1.23. The van der Waals surface area contributed by atoms with E-state index in [4.69, 9.17) is 11.6 Å². The van der Waals surface area contributed by atoms with Gasteiger partial charge in [-0.25, -0.2) is 9.98 Å². The van der Waals surface area contributed by atoms with Gasteiger partial charge >= 0.3 is 0 Å². The summed E-state index contributed by atoms with van der Waals surface area (Å²) in [6.07, 6.45) is 6.42. The number of aliphatic imine (C=N–C) groups is 2. The molecular weight excluding hydrogens is 176 g/mol. The summed E-state index contributed by atoms with van der Waals surface area (Å²) in [5, 5.41) is -0.149. The second kappa shape index (κ2) is 2.68. The average Bonchev–Trinajstić information content (AvgIpc) is 2.05. The van der Waals surface area contributed by atoms with Crippen LogP contribution in [0.4, 0.5) is 0 Å². The van der Waals surface area contributed by atoms with Crippen molar-refractivity contribution in [3.8, 4) is 0 Å². The van der Waals surface area contributed by atoms with Crippen LogP contribution >= 0.6 is 11.6 Å². The molecule has 0 N–H and O–H groups in total. The smallest absolute Gasteiger partial charge is 0.266 e. The fourth-order valence-electron chi connectivity index (χ4n) is 1.04. The van der Waals surface area contributed by atoms with Gasteiger partial charge in [0.25, 0.3) is 5.91 Å². The van der Waals surface area contributed by atoms with Crippen LogP contribution in [-0.2, 0) is 4.79 Å². The van der Waals surface area contributed by atoms with Crippen molar-refractivity contribution in [2.45, 2.75) is 5.38 Å². The summed E-state index contributed by atoms with van der Waals surface area (Å²) >= 11 is 5.80. The summed E-state index contributed by atoms with van der Waals surface area (Å²) in [5.41, 5.74) is 1.27. The van der Waals surface area contributed by atoms with Gasteiger partial charge in [-0.05, 0) is 12.2 Å². The molecule has 0 aromatic rings. The summed E-state index contributed by atoms with van der Waals surface area (Å²) in [5.74, 6) is -0.320. The highest BCUT2D eigenvalue weighted by Gasteiger charge is 2.15. The van der Waals surface area contributed by atoms with Crippen molar-refractivity contribution in [3.63, 3.8) is 0 Å². The van der Waals surface area contributed by atoms with Gasteiger partial charge < -0.3 is 0 Å². The SMILES string of the molecule is O=C1C=NC2=CC(Cl)C=CC2=N1. The van der Waals surface area contributed by atoms with Gasteiger partial charge in [0, 0.05) is 0 Å². The highest BCUT2D eigenvalue weighted by Crippen LogP contribution is 2.16. The van der Waals surface area contributed by atoms with Crippen LogP contribution in [0.15, 0.2) is 33.9 Å². The fourth-order valence-corrected chi connectivity index (χ4v) is 1.23. The van der Waals surface area contributed by atoms with Crippen LogP contribution in [0, 0.1) is 0 Å². The van der Waals surface area contributed by atoms with E-state index in [0.29, 0.717) is 11.4 Å². The lowest BCUT2D eigenvalue weighted by Gasteiger charge is -2.11. The van der Waals surface area contributed by atoms with E-state index < -0.39 is 0 Å². The minimum Gasteiger partial charge on any atom is -0.266 e. The first-order valence-corrected chi connectivity index (χ1v) is 3.90. The number of alkyl halides is 1. The molecule has 0 bridgehead atoms. The molecule has 1 unspecified atom stereocenters. The van der Waals surface area contributed by atoms with Gasteiger partial charge in [0.1, 0.15) is 0 Å². The average molecular weight is 181 g/mol.